The van der Waals surface area contributed by atoms with Crippen LogP contribution < -0.4 is 10.5 Å². The van der Waals surface area contributed by atoms with Crippen molar-refractivity contribution in [3.63, 3.8) is 0 Å². The summed E-state index contributed by atoms with van der Waals surface area (Å²) in [7, 11) is 0. The fourth-order valence-electron chi connectivity index (χ4n) is 1.67. The first-order valence-corrected chi connectivity index (χ1v) is 6.33. The van der Waals surface area contributed by atoms with Crippen molar-refractivity contribution in [1.82, 2.24) is 0 Å². The molecule has 0 aliphatic rings. The molecule has 4 nitrogen and oxygen atoms in total. The molecule has 0 saturated carbocycles. The van der Waals surface area contributed by atoms with Crippen molar-refractivity contribution in [2.24, 2.45) is 0 Å². The Morgan fingerprint density at radius 1 is 1.26 bits per heavy atom. The number of halogens is 1. The molecule has 0 unspecified atom stereocenters. The molecule has 0 aliphatic carbocycles. The van der Waals surface area contributed by atoms with Crippen molar-refractivity contribution >= 4 is 27.6 Å². The first-order valence-electron chi connectivity index (χ1n) is 5.54. The molecule has 98 valence electrons. The number of ether oxygens (including phenoxy) is 1. The van der Waals surface area contributed by atoms with Crippen LogP contribution in [-0.4, -0.2) is 11.1 Å². The first-order chi connectivity index (χ1) is 8.97. The van der Waals surface area contributed by atoms with E-state index in [1.807, 2.05) is 12.1 Å². The number of anilines is 1. The van der Waals surface area contributed by atoms with Gasteiger partial charge in [-0.15, -0.1) is 0 Å². The van der Waals surface area contributed by atoms with Crippen LogP contribution >= 0.6 is 15.9 Å². The zero-order valence-electron chi connectivity index (χ0n) is 10.2. The van der Waals surface area contributed by atoms with Gasteiger partial charge in [-0.3, -0.25) is 0 Å². The van der Waals surface area contributed by atoms with Crippen molar-refractivity contribution < 1.29 is 14.6 Å². The van der Waals surface area contributed by atoms with Gasteiger partial charge < -0.3 is 15.6 Å². The van der Waals surface area contributed by atoms with Crippen LogP contribution in [0.2, 0.25) is 0 Å². The van der Waals surface area contributed by atoms with Crippen molar-refractivity contribution in [2.45, 2.75) is 6.92 Å². The second-order valence-electron chi connectivity index (χ2n) is 4.07. The molecule has 3 N–H and O–H groups in total. The SMILES string of the molecule is Cc1cc(Oc2cccc(Br)c2)cc(C(=O)O)c1N. The molecule has 2 rings (SSSR count). The molecule has 0 spiro atoms. The van der Waals surface area contributed by atoms with E-state index in [0.29, 0.717) is 17.1 Å². The third-order valence-electron chi connectivity index (χ3n) is 2.62. The second-order valence-corrected chi connectivity index (χ2v) is 4.98. The molecule has 0 heterocycles. The highest BCUT2D eigenvalue weighted by Gasteiger charge is 2.12. The van der Waals surface area contributed by atoms with E-state index in [-0.39, 0.29) is 11.3 Å². The van der Waals surface area contributed by atoms with E-state index in [1.54, 1.807) is 25.1 Å². The van der Waals surface area contributed by atoms with E-state index in [2.05, 4.69) is 15.9 Å². The van der Waals surface area contributed by atoms with Crippen LogP contribution in [0.1, 0.15) is 15.9 Å². The Balaban J connectivity index is 2.38. The summed E-state index contributed by atoms with van der Waals surface area (Å²) in [5.74, 6) is -0.00243. The molecule has 0 amide bonds. The van der Waals surface area contributed by atoms with Gasteiger partial charge in [0.15, 0.2) is 0 Å². The minimum atomic E-state index is -1.07. The molecule has 5 heteroatoms. The van der Waals surface area contributed by atoms with E-state index in [1.165, 1.54) is 6.07 Å². The van der Waals surface area contributed by atoms with E-state index in [4.69, 9.17) is 15.6 Å². The van der Waals surface area contributed by atoms with E-state index in [9.17, 15) is 4.79 Å². The Morgan fingerprint density at radius 2 is 2.00 bits per heavy atom. The maximum Gasteiger partial charge on any atom is 0.337 e. The predicted molar refractivity (Wildman–Crippen MR) is 76.8 cm³/mol. The number of carboxylic acids is 1. The minimum absolute atomic E-state index is 0.0463. The Kier molecular flexibility index (Phi) is 3.76. The molecular weight excluding hydrogens is 310 g/mol. The van der Waals surface area contributed by atoms with Gasteiger partial charge >= 0.3 is 5.97 Å². The molecule has 0 atom stereocenters. The Morgan fingerprint density at radius 3 is 2.63 bits per heavy atom. The third kappa shape index (κ3) is 3.06. The number of carboxylic acid groups (broad SMARTS) is 1. The number of hydrogen-bond acceptors (Lipinski definition) is 3. The van der Waals surface area contributed by atoms with Crippen molar-refractivity contribution in [3.05, 3.63) is 52.0 Å². The number of rotatable bonds is 3. The molecule has 2 aromatic rings. The van der Waals surface area contributed by atoms with Crippen LogP contribution in [0, 0.1) is 6.92 Å². The molecule has 0 bridgehead atoms. The van der Waals surface area contributed by atoms with Crippen LogP contribution in [0.3, 0.4) is 0 Å². The summed E-state index contributed by atoms with van der Waals surface area (Å²) in [4.78, 5) is 11.1. The quantitative estimate of drug-likeness (QED) is 0.843. The van der Waals surface area contributed by atoms with Crippen molar-refractivity contribution in [1.29, 1.82) is 0 Å². The molecule has 0 fully saturated rings. The van der Waals surface area contributed by atoms with Gasteiger partial charge in [0.05, 0.1) is 5.56 Å². The highest BCUT2D eigenvalue weighted by Crippen LogP contribution is 2.29. The van der Waals surface area contributed by atoms with Gasteiger partial charge in [0.25, 0.3) is 0 Å². The van der Waals surface area contributed by atoms with Crippen LogP contribution in [0.4, 0.5) is 5.69 Å². The number of nitrogen functional groups attached to an aromatic ring is 1. The molecule has 0 saturated heterocycles. The van der Waals surface area contributed by atoms with E-state index in [0.717, 1.165) is 4.47 Å². The maximum absolute atomic E-state index is 11.1. The lowest BCUT2D eigenvalue weighted by Gasteiger charge is -2.10. The molecule has 0 radical (unpaired) electrons. The summed E-state index contributed by atoms with van der Waals surface area (Å²) < 4.78 is 6.52. The number of aromatic carboxylic acids is 1. The lowest BCUT2D eigenvalue weighted by Crippen LogP contribution is -2.04. The van der Waals surface area contributed by atoms with Crippen molar-refractivity contribution in [3.8, 4) is 11.5 Å². The summed E-state index contributed by atoms with van der Waals surface area (Å²) in [5.41, 5.74) is 6.70. The standard InChI is InChI=1S/C14H12BrNO3/c1-8-5-11(7-12(13(8)16)14(17)18)19-10-4-2-3-9(15)6-10/h2-7H,16H2,1H3,(H,17,18). The van der Waals surface area contributed by atoms with Crippen LogP contribution in [0.15, 0.2) is 40.9 Å². The van der Waals surface area contributed by atoms with Gasteiger partial charge in [0.1, 0.15) is 11.5 Å². The highest BCUT2D eigenvalue weighted by molar-refractivity contribution is 9.10. The highest BCUT2D eigenvalue weighted by atomic mass is 79.9. The predicted octanol–water partition coefficient (Wildman–Crippen LogP) is 3.83. The number of benzene rings is 2. The molecule has 19 heavy (non-hydrogen) atoms. The first kappa shape index (κ1) is 13.4. The topological polar surface area (TPSA) is 72.5 Å². The largest absolute Gasteiger partial charge is 0.478 e. The second kappa shape index (κ2) is 5.32. The Bertz CT molecular complexity index is 641. The van der Waals surface area contributed by atoms with Gasteiger partial charge in [-0.2, -0.15) is 0 Å². The Labute approximate surface area is 118 Å². The normalized spacial score (nSPS) is 10.2. The van der Waals surface area contributed by atoms with E-state index < -0.39 is 5.97 Å². The zero-order valence-corrected chi connectivity index (χ0v) is 11.8. The Hall–Kier alpha value is -2.01. The maximum atomic E-state index is 11.1. The van der Waals surface area contributed by atoms with Gasteiger partial charge in [0.2, 0.25) is 0 Å². The number of hydrogen-bond donors (Lipinski definition) is 2. The number of nitrogens with two attached hydrogens (primary N) is 1. The fourth-order valence-corrected chi connectivity index (χ4v) is 2.05. The summed E-state index contributed by atoms with van der Waals surface area (Å²) in [6.45, 7) is 1.75. The van der Waals surface area contributed by atoms with Crippen molar-refractivity contribution in [2.75, 3.05) is 5.73 Å². The summed E-state index contributed by atoms with van der Waals surface area (Å²) in [6.07, 6.45) is 0. The van der Waals surface area contributed by atoms with Gasteiger partial charge in [-0.1, -0.05) is 22.0 Å². The van der Waals surface area contributed by atoms with Crippen LogP contribution in [0.5, 0.6) is 11.5 Å². The summed E-state index contributed by atoms with van der Waals surface area (Å²) >= 11 is 3.35. The van der Waals surface area contributed by atoms with E-state index >= 15 is 0 Å². The third-order valence-corrected chi connectivity index (χ3v) is 3.12. The summed E-state index contributed by atoms with van der Waals surface area (Å²) in [5, 5.41) is 9.08. The zero-order chi connectivity index (χ0) is 14.0. The van der Waals surface area contributed by atoms with Gasteiger partial charge in [-0.25, -0.2) is 4.79 Å². The monoisotopic (exact) mass is 321 g/mol. The number of aryl methyl sites for hydroxylation is 1. The summed E-state index contributed by atoms with van der Waals surface area (Å²) in [6, 6.07) is 10.4. The average Bonchev–Trinajstić information content (AvgIpc) is 2.33. The molecule has 2 aromatic carbocycles. The number of carbonyl (C=O) groups is 1. The molecule has 0 aliphatic heterocycles. The lowest BCUT2D eigenvalue weighted by molar-refractivity contribution is 0.0697. The van der Waals surface area contributed by atoms with Crippen LogP contribution in [-0.2, 0) is 0 Å². The minimum Gasteiger partial charge on any atom is -0.478 e. The molecular formula is C14H12BrNO3. The van der Waals surface area contributed by atoms with Gasteiger partial charge in [0, 0.05) is 10.2 Å². The van der Waals surface area contributed by atoms with Crippen LogP contribution in [0.25, 0.3) is 0 Å². The average molecular weight is 322 g/mol. The fraction of sp³-hybridized carbons (Fsp3) is 0.0714. The van der Waals surface area contributed by atoms with Gasteiger partial charge in [-0.05, 0) is 42.8 Å². The molecule has 0 aromatic heterocycles. The smallest absolute Gasteiger partial charge is 0.337 e. The lowest BCUT2D eigenvalue weighted by atomic mass is 10.1.